The molecule has 0 radical (unpaired) electrons. The first-order valence-corrected chi connectivity index (χ1v) is 8.61. The Hall–Kier alpha value is -3.21. The van der Waals surface area contributed by atoms with E-state index in [4.69, 9.17) is 0 Å². The van der Waals surface area contributed by atoms with Crippen LogP contribution in [0.5, 0.6) is 0 Å². The number of aromatic nitrogens is 2. The maximum Gasteiger partial charge on any atom is 0.249 e. The highest BCUT2D eigenvalue weighted by molar-refractivity contribution is 6.02. The number of halogens is 1. The topological polar surface area (TPSA) is 46.9 Å². The van der Waals surface area contributed by atoms with Crippen molar-refractivity contribution in [2.24, 2.45) is 0 Å². The van der Waals surface area contributed by atoms with Gasteiger partial charge in [0.25, 0.3) is 0 Å². The number of carbonyl (C=O) groups is 1. The first-order valence-electron chi connectivity index (χ1n) is 8.61. The molecule has 1 aromatic heterocycles. The molecule has 1 aliphatic rings. The molecule has 1 heterocycles. The molecule has 4 rings (SSSR count). The monoisotopic (exact) mass is 347 g/mol. The predicted octanol–water partition coefficient (Wildman–Crippen LogP) is 4.15. The van der Waals surface area contributed by atoms with Gasteiger partial charge in [0.05, 0.1) is 11.4 Å². The Morgan fingerprint density at radius 2 is 1.85 bits per heavy atom. The Kier molecular flexibility index (Phi) is 4.35. The maximum absolute atomic E-state index is 13.0. The quantitative estimate of drug-likeness (QED) is 0.721. The lowest BCUT2D eigenvalue weighted by molar-refractivity contribution is -0.111. The minimum Gasteiger partial charge on any atom is -0.307 e. The zero-order valence-corrected chi connectivity index (χ0v) is 14.2. The second-order valence-electron chi connectivity index (χ2n) is 6.25. The van der Waals surface area contributed by atoms with Crippen molar-refractivity contribution < 1.29 is 9.18 Å². The van der Waals surface area contributed by atoms with Crippen LogP contribution in [0.4, 0.5) is 10.2 Å². The van der Waals surface area contributed by atoms with Gasteiger partial charge in [-0.15, -0.1) is 0 Å². The SMILES string of the molecule is O=C(/C=C/c1ccc(F)cc1)Nc1c2c(nn1-c1ccccc1)CCC2. The minimum atomic E-state index is -0.297. The lowest BCUT2D eigenvalue weighted by Gasteiger charge is -2.09. The predicted molar refractivity (Wildman–Crippen MR) is 99.7 cm³/mol. The van der Waals surface area contributed by atoms with Crippen LogP contribution in [0.25, 0.3) is 11.8 Å². The van der Waals surface area contributed by atoms with E-state index in [9.17, 15) is 9.18 Å². The molecular weight excluding hydrogens is 329 g/mol. The van der Waals surface area contributed by atoms with Crippen LogP contribution in [-0.4, -0.2) is 15.7 Å². The highest BCUT2D eigenvalue weighted by Gasteiger charge is 2.23. The molecule has 1 aliphatic carbocycles. The summed E-state index contributed by atoms with van der Waals surface area (Å²) < 4.78 is 14.8. The Morgan fingerprint density at radius 1 is 1.08 bits per heavy atom. The van der Waals surface area contributed by atoms with Crippen molar-refractivity contribution in [1.82, 2.24) is 9.78 Å². The van der Waals surface area contributed by atoms with Crippen molar-refractivity contribution in [2.75, 3.05) is 5.32 Å². The van der Waals surface area contributed by atoms with Gasteiger partial charge in [-0.2, -0.15) is 5.10 Å². The van der Waals surface area contributed by atoms with Gasteiger partial charge in [-0.05, 0) is 55.2 Å². The van der Waals surface area contributed by atoms with Crippen molar-refractivity contribution in [1.29, 1.82) is 0 Å². The Morgan fingerprint density at radius 3 is 2.62 bits per heavy atom. The number of rotatable bonds is 4. The van der Waals surface area contributed by atoms with Crippen LogP contribution in [0.3, 0.4) is 0 Å². The summed E-state index contributed by atoms with van der Waals surface area (Å²) in [4.78, 5) is 12.4. The largest absolute Gasteiger partial charge is 0.307 e. The lowest BCUT2D eigenvalue weighted by Crippen LogP contribution is -2.13. The van der Waals surface area contributed by atoms with Crippen LogP contribution in [0.2, 0.25) is 0 Å². The van der Waals surface area contributed by atoms with Gasteiger partial charge < -0.3 is 5.32 Å². The Balaban J connectivity index is 1.59. The van der Waals surface area contributed by atoms with Crippen molar-refractivity contribution in [3.8, 4) is 5.69 Å². The highest BCUT2D eigenvalue weighted by Crippen LogP contribution is 2.30. The van der Waals surface area contributed by atoms with E-state index in [0.29, 0.717) is 0 Å². The molecule has 5 heteroatoms. The van der Waals surface area contributed by atoms with Crippen LogP contribution >= 0.6 is 0 Å². The van der Waals surface area contributed by atoms with Gasteiger partial charge >= 0.3 is 0 Å². The van der Waals surface area contributed by atoms with E-state index in [1.54, 1.807) is 22.9 Å². The number of amides is 1. The number of nitrogens with zero attached hydrogens (tertiary/aromatic N) is 2. The third-order valence-electron chi connectivity index (χ3n) is 4.45. The minimum absolute atomic E-state index is 0.235. The molecule has 0 aliphatic heterocycles. The third kappa shape index (κ3) is 3.28. The van der Waals surface area contributed by atoms with Crippen molar-refractivity contribution in [3.63, 3.8) is 0 Å². The maximum atomic E-state index is 13.0. The van der Waals surface area contributed by atoms with E-state index in [1.807, 2.05) is 30.3 Å². The van der Waals surface area contributed by atoms with Crippen LogP contribution in [0.15, 0.2) is 60.7 Å². The second kappa shape index (κ2) is 6.96. The van der Waals surface area contributed by atoms with Gasteiger partial charge in [-0.1, -0.05) is 30.3 Å². The molecule has 0 spiro atoms. The van der Waals surface area contributed by atoms with Crippen molar-refractivity contribution >= 4 is 17.8 Å². The van der Waals surface area contributed by atoms with Crippen LogP contribution in [0, 0.1) is 5.82 Å². The zero-order chi connectivity index (χ0) is 17.9. The molecule has 130 valence electrons. The number of nitrogens with one attached hydrogen (secondary N) is 1. The van der Waals surface area contributed by atoms with Gasteiger partial charge in [0.1, 0.15) is 11.6 Å². The average molecular weight is 347 g/mol. The molecule has 26 heavy (non-hydrogen) atoms. The van der Waals surface area contributed by atoms with E-state index >= 15 is 0 Å². The van der Waals surface area contributed by atoms with Gasteiger partial charge in [0, 0.05) is 11.6 Å². The Labute approximate surface area is 151 Å². The molecule has 1 N–H and O–H groups in total. The van der Waals surface area contributed by atoms with E-state index in [2.05, 4.69) is 10.4 Å². The first-order chi connectivity index (χ1) is 12.7. The zero-order valence-electron chi connectivity index (χ0n) is 14.2. The summed E-state index contributed by atoms with van der Waals surface area (Å²) in [6.07, 6.45) is 6.03. The number of fused-ring (bicyclic) bond motifs is 1. The molecule has 0 unspecified atom stereocenters. The Bertz CT molecular complexity index is 959. The third-order valence-corrected chi connectivity index (χ3v) is 4.45. The molecular formula is C21H18FN3O. The van der Waals surface area contributed by atoms with E-state index < -0.39 is 0 Å². The fourth-order valence-electron chi connectivity index (χ4n) is 3.18. The van der Waals surface area contributed by atoms with Crippen LogP contribution in [-0.2, 0) is 17.6 Å². The average Bonchev–Trinajstić information content (AvgIpc) is 3.25. The van der Waals surface area contributed by atoms with E-state index in [0.717, 1.165) is 47.6 Å². The number of para-hydroxylation sites is 1. The van der Waals surface area contributed by atoms with Crippen molar-refractivity contribution in [3.05, 3.63) is 83.3 Å². The van der Waals surface area contributed by atoms with Gasteiger partial charge in [-0.3, -0.25) is 4.79 Å². The molecule has 2 aromatic carbocycles. The summed E-state index contributed by atoms with van der Waals surface area (Å²) in [5.41, 5.74) is 3.84. The smallest absolute Gasteiger partial charge is 0.249 e. The highest BCUT2D eigenvalue weighted by atomic mass is 19.1. The number of benzene rings is 2. The standard InChI is InChI=1S/C21H18FN3O/c22-16-12-9-15(10-13-16)11-14-20(26)23-21-18-7-4-8-19(18)24-25(21)17-5-2-1-3-6-17/h1-3,5-6,9-14H,4,7-8H2,(H,23,26)/b14-11+. The fourth-order valence-corrected chi connectivity index (χ4v) is 3.18. The summed E-state index contributed by atoms with van der Waals surface area (Å²) in [6.45, 7) is 0. The van der Waals surface area contributed by atoms with Gasteiger partial charge in [0.2, 0.25) is 5.91 Å². The number of aryl methyl sites for hydroxylation is 1. The molecule has 4 nitrogen and oxygen atoms in total. The number of anilines is 1. The van der Waals surface area contributed by atoms with Gasteiger partial charge in [-0.25, -0.2) is 9.07 Å². The lowest BCUT2D eigenvalue weighted by atomic mass is 10.2. The molecule has 0 bridgehead atoms. The summed E-state index contributed by atoms with van der Waals surface area (Å²) in [7, 11) is 0. The second-order valence-corrected chi connectivity index (χ2v) is 6.25. The molecule has 0 atom stereocenters. The molecule has 0 fully saturated rings. The normalized spacial score (nSPS) is 13.1. The van der Waals surface area contributed by atoms with Crippen LogP contribution in [0.1, 0.15) is 23.2 Å². The summed E-state index contributed by atoms with van der Waals surface area (Å²) in [5.74, 6) is 0.201. The van der Waals surface area contributed by atoms with Gasteiger partial charge in [0.15, 0.2) is 0 Å². The molecule has 0 saturated carbocycles. The van der Waals surface area contributed by atoms with E-state index in [-0.39, 0.29) is 11.7 Å². The van der Waals surface area contributed by atoms with Crippen LogP contribution < -0.4 is 5.32 Å². The van der Waals surface area contributed by atoms with Crippen molar-refractivity contribution in [2.45, 2.75) is 19.3 Å². The summed E-state index contributed by atoms with van der Waals surface area (Å²) in [6, 6.07) is 15.8. The molecule has 0 saturated heterocycles. The van der Waals surface area contributed by atoms with E-state index in [1.165, 1.54) is 18.2 Å². The molecule has 1 amide bonds. The number of hydrogen-bond acceptors (Lipinski definition) is 2. The number of carbonyl (C=O) groups excluding carboxylic acids is 1. The fraction of sp³-hybridized carbons (Fsp3) is 0.143. The summed E-state index contributed by atoms with van der Waals surface area (Å²) in [5, 5.41) is 7.65. The first kappa shape index (κ1) is 16.3. The number of hydrogen-bond donors (Lipinski definition) is 1. The summed E-state index contributed by atoms with van der Waals surface area (Å²) >= 11 is 0. The molecule has 3 aromatic rings.